The van der Waals surface area contributed by atoms with Gasteiger partial charge in [-0.1, -0.05) is 49.7 Å². The lowest BCUT2D eigenvalue weighted by atomic mass is 9.96. The van der Waals surface area contributed by atoms with Gasteiger partial charge in [-0.15, -0.1) is 0 Å². The van der Waals surface area contributed by atoms with E-state index >= 15 is 0 Å². The van der Waals surface area contributed by atoms with Gasteiger partial charge in [0.2, 0.25) is 0 Å². The molecule has 0 bridgehead atoms. The molecule has 1 heterocycles. The molecule has 1 N–H and O–H groups in total. The van der Waals surface area contributed by atoms with Gasteiger partial charge in [-0.25, -0.2) is 9.78 Å². The molecule has 0 saturated carbocycles. The smallest absolute Gasteiger partial charge is 0.335 e. The number of hydrogen-bond acceptors (Lipinski definition) is 7. The third-order valence-corrected chi connectivity index (χ3v) is 8.99. The summed E-state index contributed by atoms with van der Waals surface area (Å²) in [6, 6.07) is 19.2. The zero-order chi connectivity index (χ0) is 33.8. The van der Waals surface area contributed by atoms with Crippen molar-refractivity contribution in [3.63, 3.8) is 0 Å². The highest BCUT2D eigenvalue weighted by atomic mass is 79.9. The Bertz CT molecular complexity index is 2060. The molecule has 0 spiro atoms. The number of carbonyl (C=O) groups is 1. The van der Waals surface area contributed by atoms with Crippen LogP contribution in [0, 0.1) is 6.92 Å². The van der Waals surface area contributed by atoms with Crippen LogP contribution < -0.4 is 19.8 Å². The molecule has 47 heavy (non-hydrogen) atoms. The van der Waals surface area contributed by atoms with E-state index in [0.29, 0.717) is 44.9 Å². The van der Waals surface area contributed by atoms with Crippen molar-refractivity contribution in [3.8, 4) is 28.6 Å². The first-order valence-electron chi connectivity index (χ1n) is 14.9. The van der Waals surface area contributed by atoms with Crippen molar-refractivity contribution in [2.24, 2.45) is 5.10 Å². The number of carboxylic acid groups (broad SMARTS) is 1. The Morgan fingerprint density at radius 3 is 2.47 bits per heavy atom. The fourth-order valence-electron chi connectivity index (χ4n) is 5.09. The van der Waals surface area contributed by atoms with Crippen LogP contribution in [0.4, 0.5) is 0 Å². The average Bonchev–Trinajstić information content (AvgIpc) is 3.06. The molecule has 0 saturated heterocycles. The van der Waals surface area contributed by atoms with E-state index in [2.05, 4.69) is 34.9 Å². The predicted octanol–water partition coefficient (Wildman–Crippen LogP) is 8.48. The zero-order valence-electron chi connectivity index (χ0n) is 26.5. The lowest BCUT2D eigenvalue weighted by molar-refractivity contribution is 0.0697. The Morgan fingerprint density at radius 1 is 1.09 bits per heavy atom. The average molecular weight is 719 g/mol. The molecule has 4 aromatic carbocycles. The molecular weight excluding hydrogens is 686 g/mol. The van der Waals surface area contributed by atoms with E-state index in [1.165, 1.54) is 23.0 Å². The third kappa shape index (κ3) is 7.03. The first kappa shape index (κ1) is 33.7. The van der Waals surface area contributed by atoms with Crippen molar-refractivity contribution in [1.82, 2.24) is 9.66 Å². The molecule has 9 nitrogen and oxygen atoms in total. The minimum atomic E-state index is -1.01. The van der Waals surface area contributed by atoms with Crippen molar-refractivity contribution in [1.29, 1.82) is 0 Å². The molecule has 5 aromatic rings. The van der Waals surface area contributed by atoms with Gasteiger partial charge < -0.3 is 19.3 Å². The van der Waals surface area contributed by atoms with E-state index in [1.807, 2.05) is 32.0 Å². The molecule has 0 atom stereocenters. The summed E-state index contributed by atoms with van der Waals surface area (Å²) in [7, 11) is 1.64. The number of carboxylic acids is 1. The highest BCUT2D eigenvalue weighted by molar-refractivity contribution is 9.10. The Kier molecular flexibility index (Phi) is 10.3. The molecular formula is C36H33BrClN3O6. The monoisotopic (exact) mass is 717 g/mol. The number of aromatic nitrogens is 2. The largest absolute Gasteiger partial charge is 0.496 e. The molecule has 0 amide bonds. The predicted molar refractivity (Wildman–Crippen MR) is 188 cm³/mol. The molecule has 11 heteroatoms. The molecule has 5 rings (SSSR count). The topological polar surface area (TPSA) is 112 Å². The highest BCUT2D eigenvalue weighted by Gasteiger charge is 2.20. The summed E-state index contributed by atoms with van der Waals surface area (Å²) in [6.45, 7) is 8.41. The molecule has 0 unspecified atom stereocenters. The van der Waals surface area contributed by atoms with Crippen LogP contribution in [0.2, 0.25) is 5.02 Å². The van der Waals surface area contributed by atoms with Gasteiger partial charge in [0.25, 0.3) is 5.56 Å². The Balaban J connectivity index is 1.60. The SMILES string of the molecule is CCOc1cc(C=Nn2c(-c3cc(C(C)C)c(OC)cc3C)nc3ccccc3c2=O)c(Br)c(Cl)c1OCc1ccc(C(=O)O)cc1. The number of nitrogens with zero attached hydrogens (tertiary/aromatic N) is 3. The van der Waals surface area contributed by atoms with Gasteiger partial charge in [-0.3, -0.25) is 4.79 Å². The van der Waals surface area contributed by atoms with Gasteiger partial charge in [-0.05, 0) is 94.9 Å². The van der Waals surface area contributed by atoms with Crippen LogP contribution in [0.25, 0.3) is 22.3 Å². The van der Waals surface area contributed by atoms with Crippen molar-refractivity contribution < 1.29 is 24.1 Å². The van der Waals surface area contributed by atoms with Crippen molar-refractivity contribution in [2.45, 2.75) is 40.2 Å². The number of aromatic carboxylic acids is 1. The zero-order valence-corrected chi connectivity index (χ0v) is 28.8. The van der Waals surface area contributed by atoms with Crippen LogP contribution >= 0.6 is 27.5 Å². The highest BCUT2D eigenvalue weighted by Crippen LogP contribution is 2.43. The van der Waals surface area contributed by atoms with Crippen molar-refractivity contribution in [2.75, 3.05) is 13.7 Å². The maximum Gasteiger partial charge on any atom is 0.335 e. The summed E-state index contributed by atoms with van der Waals surface area (Å²) in [6.07, 6.45) is 1.52. The van der Waals surface area contributed by atoms with Crippen LogP contribution in [0.5, 0.6) is 17.2 Å². The Labute approximate surface area is 285 Å². The van der Waals surface area contributed by atoms with E-state index < -0.39 is 5.97 Å². The summed E-state index contributed by atoms with van der Waals surface area (Å²) in [5.41, 5.74) is 4.31. The van der Waals surface area contributed by atoms with Crippen molar-refractivity contribution in [3.05, 3.63) is 114 Å². The first-order chi connectivity index (χ1) is 22.5. The molecule has 0 fully saturated rings. The van der Waals surface area contributed by atoms with Gasteiger partial charge in [0, 0.05) is 15.6 Å². The Hall–Kier alpha value is -4.67. The van der Waals surface area contributed by atoms with Gasteiger partial charge >= 0.3 is 5.97 Å². The van der Waals surface area contributed by atoms with Gasteiger partial charge in [0.15, 0.2) is 17.3 Å². The molecule has 242 valence electrons. The number of rotatable bonds is 11. The van der Waals surface area contributed by atoms with Gasteiger partial charge in [-0.2, -0.15) is 9.78 Å². The van der Waals surface area contributed by atoms with Crippen LogP contribution in [-0.2, 0) is 6.61 Å². The van der Waals surface area contributed by atoms with Crippen LogP contribution in [0.1, 0.15) is 59.3 Å². The molecule has 0 aliphatic carbocycles. The number of halogens is 2. The van der Waals surface area contributed by atoms with Gasteiger partial charge in [0.05, 0.1) is 36.4 Å². The van der Waals surface area contributed by atoms with E-state index in [1.54, 1.807) is 43.5 Å². The summed E-state index contributed by atoms with van der Waals surface area (Å²) < 4.78 is 19.4. The fourth-order valence-corrected chi connectivity index (χ4v) is 5.74. The Morgan fingerprint density at radius 2 is 1.81 bits per heavy atom. The van der Waals surface area contributed by atoms with E-state index in [9.17, 15) is 14.7 Å². The molecule has 0 aliphatic heterocycles. The maximum atomic E-state index is 13.9. The van der Waals surface area contributed by atoms with Crippen LogP contribution in [0.15, 0.2) is 81.1 Å². The van der Waals surface area contributed by atoms with E-state index in [4.69, 9.17) is 30.8 Å². The lowest BCUT2D eigenvalue weighted by Crippen LogP contribution is -2.21. The third-order valence-electron chi connectivity index (χ3n) is 7.55. The molecule has 0 radical (unpaired) electrons. The van der Waals surface area contributed by atoms with E-state index in [0.717, 1.165) is 28.0 Å². The van der Waals surface area contributed by atoms with Crippen molar-refractivity contribution >= 4 is 50.6 Å². The molecule has 1 aromatic heterocycles. The number of para-hydroxylation sites is 1. The second-order valence-corrected chi connectivity index (χ2v) is 12.2. The molecule has 0 aliphatic rings. The number of hydrogen-bond donors (Lipinski definition) is 1. The summed E-state index contributed by atoms with van der Waals surface area (Å²) in [5.74, 6) is 0.984. The normalized spacial score (nSPS) is 11.4. The van der Waals surface area contributed by atoms with Crippen LogP contribution in [-0.4, -0.2) is 40.7 Å². The van der Waals surface area contributed by atoms with Gasteiger partial charge in [0.1, 0.15) is 17.4 Å². The second kappa shape index (κ2) is 14.4. The number of ether oxygens (including phenoxy) is 3. The summed E-state index contributed by atoms with van der Waals surface area (Å²) >= 11 is 10.4. The summed E-state index contributed by atoms with van der Waals surface area (Å²) in [4.78, 5) is 30.0. The van der Waals surface area contributed by atoms with Crippen LogP contribution in [0.3, 0.4) is 0 Å². The second-order valence-electron chi connectivity index (χ2n) is 11.0. The van der Waals surface area contributed by atoms with E-state index in [-0.39, 0.29) is 28.7 Å². The number of methoxy groups -OCH3 is 1. The number of fused-ring (bicyclic) bond motifs is 1. The lowest BCUT2D eigenvalue weighted by Gasteiger charge is -2.18. The standard InChI is InChI=1S/C36H33BrClN3O6/c1-6-46-30-16-24(31(37)32(38)33(30)47-19-22-11-13-23(14-12-22)36(43)44)18-39-41-34(40-28-10-8-7-9-25(28)35(41)42)27-17-26(20(2)3)29(45-5)15-21(27)4/h7-18,20H,6,19H2,1-5H3,(H,43,44). The fraction of sp³-hybridized carbons (Fsp3) is 0.222. The number of aryl methyl sites for hydroxylation is 1. The first-order valence-corrected chi connectivity index (χ1v) is 16.1. The minimum absolute atomic E-state index is 0.126. The quantitative estimate of drug-likeness (QED) is 0.136. The maximum absolute atomic E-state index is 13.9. The minimum Gasteiger partial charge on any atom is -0.496 e. The summed E-state index contributed by atoms with van der Waals surface area (Å²) in [5, 5.41) is 14.5. The number of benzene rings is 4.